The Hall–Kier alpha value is -0.790. The molecule has 0 spiro atoms. The van der Waals surface area contributed by atoms with Gasteiger partial charge in [-0.3, -0.25) is 0 Å². The molecule has 0 atom stereocenters. The van der Waals surface area contributed by atoms with Crippen LogP contribution in [0.4, 0.5) is 8.78 Å². The van der Waals surface area contributed by atoms with Gasteiger partial charge in [-0.2, -0.15) is 0 Å². The molecule has 0 amide bonds. The zero-order valence-electron chi connectivity index (χ0n) is 11.1. The third-order valence-corrected chi connectivity index (χ3v) is 3.76. The molecule has 0 aliphatic heterocycles. The van der Waals surface area contributed by atoms with Crippen molar-refractivity contribution in [2.75, 3.05) is 14.2 Å². The normalized spacial score (nSPS) is 9.67. The minimum absolute atomic E-state index is 0.112. The fraction of sp³-hybridized carbons (Fsp3) is 0.143. The predicted molar refractivity (Wildman–Crippen MR) is 88.6 cm³/mol. The van der Waals surface area contributed by atoms with Crippen molar-refractivity contribution in [3.05, 3.63) is 55.6 Å². The summed E-state index contributed by atoms with van der Waals surface area (Å²) in [5.41, 5.74) is 0. The van der Waals surface area contributed by atoms with Crippen molar-refractivity contribution >= 4 is 45.8 Å². The molecule has 0 aliphatic carbocycles. The SMILES string of the molecule is COc1cc(F)c(Cl)cc1I.COc1ccc(Cl)c(F)c1. The van der Waals surface area contributed by atoms with E-state index >= 15 is 0 Å². The molecule has 0 fully saturated rings. The van der Waals surface area contributed by atoms with Crippen molar-refractivity contribution < 1.29 is 18.3 Å². The third-order valence-electron chi connectivity index (χ3n) is 2.32. The first-order valence-corrected chi connectivity index (χ1v) is 7.40. The zero-order chi connectivity index (χ0) is 16.0. The summed E-state index contributed by atoms with van der Waals surface area (Å²) in [5, 5.41) is 0.232. The molecule has 2 rings (SSSR count). The minimum Gasteiger partial charge on any atom is -0.497 e. The van der Waals surface area contributed by atoms with E-state index in [4.69, 9.17) is 32.7 Å². The fourth-order valence-electron chi connectivity index (χ4n) is 1.26. The summed E-state index contributed by atoms with van der Waals surface area (Å²) in [5.74, 6) is 0.0688. The lowest BCUT2D eigenvalue weighted by Crippen LogP contribution is -1.88. The molecule has 0 unspecified atom stereocenters. The van der Waals surface area contributed by atoms with Gasteiger partial charge in [0, 0.05) is 12.1 Å². The molecule has 0 N–H and O–H groups in total. The maximum Gasteiger partial charge on any atom is 0.145 e. The van der Waals surface area contributed by atoms with E-state index in [1.165, 1.54) is 38.5 Å². The largest absolute Gasteiger partial charge is 0.497 e. The third kappa shape index (κ3) is 5.48. The molecule has 21 heavy (non-hydrogen) atoms. The highest BCUT2D eigenvalue weighted by atomic mass is 127. The molecule has 114 valence electrons. The summed E-state index contributed by atoms with van der Waals surface area (Å²) in [6.45, 7) is 0. The van der Waals surface area contributed by atoms with Crippen LogP contribution in [0.1, 0.15) is 0 Å². The monoisotopic (exact) mass is 446 g/mol. The first-order chi connectivity index (χ1) is 9.88. The maximum absolute atomic E-state index is 12.7. The van der Waals surface area contributed by atoms with E-state index in [0.29, 0.717) is 11.5 Å². The van der Waals surface area contributed by atoms with Crippen LogP contribution in [0.25, 0.3) is 0 Å². The minimum atomic E-state index is -0.457. The summed E-state index contributed by atoms with van der Waals surface area (Å²) in [6.07, 6.45) is 0. The first-order valence-electron chi connectivity index (χ1n) is 5.56. The quantitative estimate of drug-likeness (QED) is 0.443. The molecule has 0 bridgehead atoms. The van der Waals surface area contributed by atoms with Crippen molar-refractivity contribution in [1.29, 1.82) is 0 Å². The Morgan fingerprint density at radius 2 is 1.52 bits per heavy atom. The van der Waals surface area contributed by atoms with Gasteiger partial charge in [-0.05, 0) is 40.8 Å². The van der Waals surface area contributed by atoms with Gasteiger partial charge in [-0.1, -0.05) is 23.2 Å². The molecule has 0 aliphatic rings. The lowest BCUT2D eigenvalue weighted by Gasteiger charge is -2.03. The smallest absolute Gasteiger partial charge is 0.145 e. The van der Waals surface area contributed by atoms with E-state index in [2.05, 4.69) is 0 Å². The van der Waals surface area contributed by atoms with Crippen LogP contribution in [-0.2, 0) is 0 Å². The standard InChI is InChI=1S/C7H5ClFIO.C7H6ClFO/c1-11-7-3-5(9)4(8)2-6(7)10;1-10-5-2-3-6(8)7(9)4-5/h2-3H,1H3;2-4H,1H3. The summed E-state index contributed by atoms with van der Waals surface area (Å²) in [4.78, 5) is 0. The van der Waals surface area contributed by atoms with Gasteiger partial charge >= 0.3 is 0 Å². The van der Waals surface area contributed by atoms with Crippen molar-refractivity contribution in [3.63, 3.8) is 0 Å². The van der Waals surface area contributed by atoms with Gasteiger partial charge in [0.1, 0.15) is 23.1 Å². The number of hydrogen-bond donors (Lipinski definition) is 0. The van der Waals surface area contributed by atoms with Crippen LogP contribution in [0.2, 0.25) is 10.0 Å². The molecule has 0 saturated carbocycles. The Kier molecular flexibility index (Phi) is 7.48. The summed E-state index contributed by atoms with van der Waals surface area (Å²) in [7, 11) is 2.97. The number of ether oxygens (including phenoxy) is 2. The molecular weight excluding hydrogens is 436 g/mol. The van der Waals surface area contributed by atoms with Gasteiger partial charge < -0.3 is 9.47 Å². The lowest BCUT2D eigenvalue weighted by atomic mass is 10.3. The highest BCUT2D eigenvalue weighted by Crippen LogP contribution is 2.26. The average molecular weight is 447 g/mol. The highest BCUT2D eigenvalue weighted by Gasteiger charge is 2.05. The van der Waals surface area contributed by atoms with E-state index in [9.17, 15) is 8.78 Å². The Morgan fingerprint density at radius 3 is 2.05 bits per heavy atom. The zero-order valence-corrected chi connectivity index (χ0v) is 14.8. The molecule has 0 aromatic heterocycles. The highest BCUT2D eigenvalue weighted by molar-refractivity contribution is 14.1. The Morgan fingerprint density at radius 1 is 0.905 bits per heavy atom. The Balaban J connectivity index is 0.000000211. The van der Waals surface area contributed by atoms with E-state index in [1.807, 2.05) is 22.6 Å². The molecule has 0 heterocycles. The average Bonchev–Trinajstić information content (AvgIpc) is 2.46. The van der Waals surface area contributed by atoms with Crippen LogP contribution in [0.5, 0.6) is 11.5 Å². The van der Waals surface area contributed by atoms with Gasteiger partial charge in [0.05, 0.1) is 27.8 Å². The van der Waals surface area contributed by atoms with Crippen molar-refractivity contribution in [2.24, 2.45) is 0 Å². The Labute approximate surface area is 145 Å². The second kappa shape index (κ2) is 8.60. The topological polar surface area (TPSA) is 18.5 Å². The van der Waals surface area contributed by atoms with Crippen LogP contribution in [-0.4, -0.2) is 14.2 Å². The van der Waals surface area contributed by atoms with E-state index in [0.717, 1.165) is 3.57 Å². The second-order valence-corrected chi connectivity index (χ2v) is 5.66. The van der Waals surface area contributed by atoms with Gasteiger partial charge in [-0.15, -0.1) is 0 Å². The lowest BCUT2D eigenvalue weighted by molar-refractivity contribution is 0.408. The Bertz CT molecular complexity index is 624. The van der Waals surface area contributed by atoms with Crippen LogP contribution >= 0.6 is 45.8 Å². The first kappa shape index (κ1) is 18.3. The molecule has 0 saturated heterocycles. The fourth-order valence-corrected chi connectivity index (χ4v) is 2.42. The molecule has 2 aromatic rings. The van der Waals surface area contributed by atoms with E-state index in [-0.39, 0.29) is 10.0 Å². The van der Waals surface area contributed by atoms with Crippen molar-refractivity contribution in [1.82, 2.24) is 0 Å². The van der Waals surface area contributed by atoms with Crippen LogP contribution in [0.3, 0.4) is 0 Å². The van der Waals surface area contributed by atoms with Gasteiger partial charge in [0.25, 0.3) is 0 Å². The van der Waals surface area contributed by atoms with Crippen LogP contribution < -0.4 is 9.47 Å². The molecule has 7 heteroatoms. The number of halogens is 5. The van der Waals surface area contributed by atoms with Gasteiger partial charge in [0.15, 0.2) is 0 Å². The maximum atomic E-state index is 12.7. The van der Waals surface area contributed by atoms with Gasteiger partial charge in [0.2, 0.25) is 0 Å². The van der Waals surface area contributed by atoms with Crippen LogP contribution in [0, 0.1) is 15.2 Å². The molecule has 0 radical (unpaired) electrons. The van der Waals surface area contributed by atoms with Crippen LogP contribution in [0.15, 0.2) is 30.3 Å². The second-order valence-electron chi connectivity index (χ2n) is 3.68. The summed E-state index contributed by atoms with van der Waals surface area (Å²) < 4.78 is 35.7. The van der Waals surface area contributed by atoms with Crippen molar-refractivity contribution in [3.8, 4) is 11.5 Å². The van der Waals surface area contributed by atoms with E-state index in [1.54, 1.807) is 6.07 Å². The number of benzene rings is 2. The number of methoxy groups -OCH3 is 2. The molecule has 2 nitrogen and oxygen atoms in total. The van der Waals surface area contributed by atoms with Gasteiger partial charge in [-0.25, -0.2) is 8.78 Å². The number of rotatable bonds is 2. The molecule has 2 aromatic carbocycles. The predicted octanol–water partition coefficient (Wildman–Crippen LogP) is 5.58. The number of hydrogen-bond acceptors (Lipinski definition) is 2. The van der Waals surface area contributed by atoms with Crippen molar-refractivity contribution in [2.45, 2.75) is 0 Å². The molecular formula is C14H11Cl2F2IO2. The summed E-state index contributed by atoms with van der Waals surface area (Å²) >= 11 is 12.9. The summed E-state index contributed by atoms with van der Waals surface area (Å²) in [6, 6.07) is 7.09. The van der Waals surface area contributed by atoms with E-state index < -0.39 is 11.6 Å².